The molecule has 3 aromatic rings. The molecule has 4 nitrogen and oxygen atoms in total. The molecule has 2 aromatic carbocycles. The monoisotopic (exact) mass is 291 g/mol. The summed E-state index contributed by atoms with van der Waals surface area (Å²) in [5.74, 6) is 1.31. The van der Waals surface area contributed by atoms with Crippen molar-refractivity contribution >= 4 is 0 Å². The van der Waals surface area contributed by atoms with Crippen molar-refractivity contribution in [2.75, 3.05) is 6.54 Å². The smallest absolute Gasteiger partial charge is 0.222 e. The molecule has 0 bridgehead atoms. The molecule has 2 N–H and O–H groups in total. The van der Waals surface area contributed by atoms with Crippen LogP contribution < -0.4 is 10.5 Å². The molecule has 0 unspecified atom stereocenters. The average Bonchev–Trinajstić information content (AvgIpc) is 2.58. The molecule has 3 rings (SSSR count). The number of aromatic nitrogens is 2. The lowest BCUT2D eigenvalue weighted by Gasteiger charge is -2.10. The van der Waals surface area contributed by atoms with Gasteiger partial charge in [-0.05, 0) is 24.6 Å². The maximum Gasteiger partial charge on any atom is 0.222 e. The van der Waals surface area contributed by atoms with E-state index in [-0.39, 0.29) is 0 Å². The topological polar surface area (TPSA) is 61.0 Å². The van der Waals surface area contributed by atoms with Crippen molar-refractivity contribution in [2.24, 2.45) is 5.73 Å². The van der Waals surface area contributed by atoms with E-state index in [1.807, 2.05) is 60.7 Å². The molecule has 0 aliphatic heterocycles. The van der Waals surface area contributed by atoms with E-state index in [4.69, 9.17) is 10.5 Å². The minimum atomic E-state index is 0.526. The second-order valence-corrected chi connectivity index (χ2v) is 4.86. The lowest BCUT2D eigenvalue weighted by molar-refractivity contribution is 0.456. The van der Waals surface area contributed by atoms with E-state index in [2.05, 4.69) is 9.97 Å². The third-order valence-electron chi connectivity index (χ3n) is 3.31. The van der Waals surface area contributed by atoms with Crippen molar-refractivity contribution in [1.82, 2.24) is 9.97 Å². The van der Waals surface area contributed by atoms with Gasteiger partial charge in [-0.3, -0.25) is 0 Å². The molecule has 0 atom stereocenters. The lowest BCUT2D eigenvalue weighted by atomic mass is 10.1. The molecular weight excluding hydrogens is 274 g/mol. The van der Waals surface area contributed by atoms with Crippen LogP contribution in [0.25, 0.3) is 11.3 Å². The van der Waals surface area contributed by atoms with Gasteiger partial charge in [-0.25, -0.2) is 9.97 Å². The second-order valence-electron chi connectivity index (χ2n) is 4.86. The molecule has 0 aliphatic rings. The summed E-state index contributed by atoms with van der Waals surface area (Å²) in [6.45, 7) is 0.583. The van der Waals surface area contributed by atoms with E-state index in [0.717, 1.165) is 29.0 Å². The van der Waals surface area contributed by atoms with Crippen LogP contribution in [0.5, 0.6) is 11.6 Å². The molecule has 0 aliphatic carbocycles. The van der Waals surface area contributed by atoms with Crippen molar-refractivity contribution in [3.05, 3.63) is 72.6 Å². The Morgan fingerprint density at radius 1 is 0.909 bits per heavy atom. The fourth-order valence-corrected chi connectivity index (χ4v) is 2.24. The Hall–Kier alpha value is -2.72. The van der Waals surface area contributed by atoms with Crippen LogP contribution in [0.1, 0.15) is 5.56 Å². The predicted molar refractivity (Wildman–Crippen MR) is 86.7 cm³/mol. The summed E-state index contributed by atoms with van der Waals surface area (Å²) in [6.07, 6.45) is 2.29. The first kappa shape index (κ1) is 14.2. The van der Waals surface area contributed by atoms with Gasteiger partial charge in [0.2, 0.25) is 5.88 Å². The number of nitrogens with zero attached hydrogens (tertiary/aromatic N) is 2. The zero-order valence-electron chi connectivity index (χ0n) is 12.1. The van der Waals surface area contributed by atoms with E-state index >= 15 is 0 Å². The fraction of sp³-hybridized carbons (Fsp3) is 0.111. The summed E-state index contributed by atoms with van der Waals surface area (Å²) in [5, 5.41) is 0. The summed E-state index contributed by atoms with van der Waals surface area (Å²) in [7, 11) is 0. The maximum atomic E-state index is 5.92. The zero-order valence-corrected chi connectivity index (χ0v) is 12.1. The quantitative estimate of drug-likeness (QED) is 0.782. The van der Waals surface area contributed by atoms with Gasteiger partial charge >= 0.3 is 0 Å². The maximum absolute atomic E-state index is 5.92. The van der Waals surface area contributed by atoms with Crippen LogP contribution >= 0.6 is 0 Å². The van der Waals surface area contributed by atoms with E-state index in [1.54, 1.807) is 0 Å². The summed E-state index contributed by atoms with van der Waals surface area (Å²) >= 11 is 0. The van der Waals surface area contributed by atoms with Crippen molar-refractivity contribution in [2.45, 2.75) is 6.42 Å². The van der Waals surface area contributed by atoms with Gasteiger partial charge < -0.3 is 10.5 Å². The third kappa shape index (κ3) is 3.30. The number of ether oxygens (including phenoxy) is 1. The molecule has 0 fully saturated rings. The number of hydrogen-bond donors (Lipinski definition) is 1. The summed E-state index contributed by atoms with van der Waals surface area (Å²) in [6, 6.07) is 19.7. The molecule has 0 amide bonds. The number of hydrogen-bond acceptors (Lipinski definition) is 4. The summed E-state index contributed by atoms with van der Waals surface area (Å²) in [5.41, 5.74) is 8.58. The predicted octanol–water partition coefficient (Wildman–Crippen LogP) is 3.44. The molecular formula is C18H17N3O. The van der Waals surface area contributed by atoms with E-state index < -0.39 is 0 Å². The number of rotatable bonds is 5. The van der Waals surface area contributed by atoms with Gasteiger partial charge in [0, 0.05) is 11.6 Å². The zero-order chi connectivity index (χ0) is 15.2. The largest absolute Gasteiger partial charge is 0.439 e. The van der Waals surface area contributed by atoms with Gasteiger partial charge in [0.15, 0.2) is 0 Å². The summed E-state index contributed by atoms with van der Waals surface area (Å²) in [4.78, 5) is 8.50. The Morgan fingerprint density at radius 3 is 2.50 bits per heavy atom. The molecule has 0 spiro atoms. The first-order chi connectivity index (χ1) is 10.9. The van der Waals surface area contributed by atoms with E-state index in [0.29, 0.717) is 12.4 Å². The highest BCUT2D eigenvalue weighted by Crippen LogP contribution is 2.26. The molecule has 22 heavy (non-hydrogen) atoms. The molecule has 1 aromatic heterocycles. The molecule has 0 saturated heterocycles. The normalized spacial score (nSPS) is 10.4. The highest BCUT2D eigenvalue weighted by molar-refractivity contribution is 5.59. The molecule has 4 heteroatoms. The van der Waals surface area contributed by atoms with E-state index in [9.17, 15) is 0 Å². The van der Waals surface area contributed by atoms with Crippen LogP contribution in [0.2, 0.25) is 0 Å². The first-order valence-electron chi connectivity index (χ1n) is 7.20. The van der Waals surface area contributed by atoms with Gasteiger partial charge in [-0.15, -0.1) is 0 Å². The Bertz CT molecular complexity index is 744. The fourth-order valence-electron chi connectivity index (χ4n) is 2.24. The van der Waals surface area contributed by atoms with Gasteiger partial charge in [0.05, 0.1) is 5.69 Å². The van der Waals surface area contributed by atoms with Crippen LogP contribution in [-0.2, 0) is 6.42 Å². The Kier molecular flexibility index (Phi) is 4.41. The highest BCUT2D eigenvalue weighted by atomic mass is 16.5. The van der Waals surface area contributed by atoms with Crippen molar-refractivity contribution in [3.63, 3.8) is 0 Å². The van der Waals surface area contributed by atoms with Gasteiger partial charge in [-0.2, -0.15) is 0 Å². The first-order valence-corrected chi connectivity index (χ1v) is 7.20. The number of para-hydroxylation sites is 1. The average molecular weight is 291 g/mol. The highest BCUT2D eigenvalue weighted by Gasteiger charge is 2.07. The van der Waals surface area contributed by atoms with Crippen molar-refractivity contribution < 1.29 is 4.74 Å². The Balaban J connectivity index is 1.88. The van der Waals surface area contributed by atoms with Crippen LogP contribution in [0.3, 0.4) is 0 Å². The van der Waals surface area contributed by atoms with Crippen LogP contribution in [-0.4, -0.2) is 16.5 Å². The molecule has 1 heterocycles. The van der Waals surface area contributed by atoms with Gasteiger partial charge in [-0.1, -0.05) is 48.5 Å². The van der Waals surface area contributed by atoms with Crippen LogP contribution in [0.4, 0.5) is 0 Å². The minimum absolute atomic E-state index is 0.526. The van der Waals surface area contributed by atoms with Crippen LogP contribution in [0, 0.1) is 0 Å². The molecule has 0 saturated carbocycles. The second kappa shape index (κ2) is 6.83. The number of nitrogens with two attached hydrogens (primary N) is 1. The molecule has 0 radical (unpaired) electrons. The van der Waals surface area contributed by atoms with Crippen LogP contribution in [0.15, 0.2) is 67.0 Å². The van der Waals surface area contributed by atoms with Crippen molar-refractivity contribution in [3.8, 4) is 22.9 Å². The Labute approximate surface area is 129 Å². The van der Waals surface area contributed by atoms with Gasteiger partial charge in [0.1, 0.15) is 12.1 Å². The lowest BCUT2D eigenvalue weighted by Crippen LogP contribution is -2.04. The van der Waals surface area contributed by atoms with E-state index in [1.165, 1.54) is 6.33 Å². The standard InChI is InChI=1S/C18H17N3O/c19-11-10-15-8-4-5-9-17(15)22-18-12-16(20-13-21-18)14-6-2-1-3-7-14/h1-9,12-13H,10-11,19H2. The van der Waals surface area contributed by atoms with Gasteiger partial charge in [0.25, 0.3) is 0 Å². The number of benzene rings is 2. The summed E-state index contributed by atoms with van der Waals surface area (Å²) < 4.78 is 5.92. The Morgan fingerprint density at radius 2 is 1.68 bits per heavy atom. The minimum Gasteiger partial charge on any atom is -0.439 e. The SMILES string of the molecule is NCCc1ccccc1Oc1cc(-c2ccccc2)ncn1. The molecule has 110 valence electrons. The van der Waals surface area contributed by atoms with Crippen molar-refractivity contribution in [1.29, 1.82) is 0 Å². The third-order valence-corrected chi connectivity index (χ3v) is 3.31.